The van der Waals surface area contributed by atoms with Crippen molar-refractivity contribution in [3.05, 3.63) is 29.3 Å². The van der Waals surface area contributed by atoms with Crippen LogP contribution in [0.15, 0.2) is 17.0 Å². The number of methoxy groups -OCH3 is 1. The van der Waals surface area contributed by atoms with Crippen molar-refractivity contribution in [3.63, 3.8) is 0 Å². The van der Waals surface area contributed by atoms with E-state index in [2.05, 4.69) is 4.74 Å². The van der Waals surface area contributed by atoms with Crippen LogP contribution in [-0.4, -0.2) is 51.0 Å². The average molecular weight is 325 g/mol. The zero-order valence-electron chi connectivity index (χ0n) is 10.8. The normalized spacial score (nSPS) is 13.1. The van der Waals surface area contributed by atoms with Gasteiger partial charge in [-0.15, -0.1) is 0 Å². The number of nitrogens with one attached hydrogen (secondary N) is 1. The van der Waals surface area contributed by atoms with Crippen molar-refractivity contribution < 1.29 is 36.9 Å². The Kier molecular flexibility index (Phi) is 5.72. The monoisotopic (exact) mass is 325 g/mol. The molecule has 118 valence electrons. The molecule has 0 saturated carbocycles. The van der Waals surface area contributed by atoms with E-state index in [1.807, 2.05) is 4.72 Å². The summed E-state index contributed by atoms with van der Waals surface area (Å²) in [6.07, 6.45) is 0. The summed E-state index contributed by atoms with van der Waals surface area (Å²) >= 11 is 0. The SMILES string of the molecule is COCC(CO)NS(=O)(=O)c1cc(C(=O)O)cc(F)c1F. The molecule has 1 atom stereocenters. The Morgan fingerprint density at radius 3 is 2.52 bits per heavy atom. The molecule has 0 bridgehead atoms. The summed E-state index contributed by atoms with van der Waals surface area (Å²) in [6, 6.07) is -0.226. The van der Waals surface area contributed by atoms with Gasteiger partial charge in [-0.3, -0.25) is 0 Å². The number of aliphatic hydroxyl groups excluding tert-OH is 1. The van der Waals surface area contributed by atoms with Crippen molar-refractivity contribution in [3.8, 4) is 0 Å². The number of carboxylic acid groups (broad SMARTS) is 1. The van der Waals surface area contributed by atoms with Crippen LogP contribution in [0.4, 0.5) is 8.78 Å². The Morgan fingerprint density at radius 2 is 2.05 bits per heavy atom. The zero-order chi connectivity index (χ0) is 16.2. The van der Waals surface area contributed by atoms with Gasteiger partial charge in [0.25, 0.3) is 0 Å². The van der Waals surface area contributed by atoms with Crippen molar-refractivity contribution in [2.24, 2.45) is 0 Å². The lowest BCUT2D eigenvalue weighted by Gasteiger charge is -2.16. The smallest absolute Gasteiger partial charge is 0.335 e. The van der Waals surface area contributed by atoms with Crippen LogP contribution in [-0.2, 0) is 14.8 Å². The lowest BCUT2D eigenvalue weighted by molar-refractivity contribution is 0.0696. The molecule has 21 heavy (non-hydrogen) atoms. The molecule has 0 aliphatic carbocycles. The molecule has 0 radical (unpaired) electrons. The molecule has 0 aromatic heterocycles. The molecule has 3 N–H and O–H groups in total. The third kappa shape index (κ3) is 4.17. The number of carboxylic acids is 1. The van der Waals surface area contributed by atoms with Crippen LogP contribution < -0.4 is 4.72 Å². The molecular weight excluding hydrogens is 312 g/mol. The van der Waals surface area contributed by atoms with Crippen LogP contribution in [0.5, 0.6) is 0 Å². The predicted octanol–water partition coefficient (Wildman–Crippen LogP) is -0.0514. The molecule has 0 heterocycles. The fourth-order valence-corrected chi connectivity index (χ4v) is 2.81. The Labute approximate surface area is 119 Å². The third-order valence-corrected chi connectivity index (χ3v) is 3.96. The highest BCUT2D eigenvalue weighted by Gasteiger charge is 2.27. The number of aliphatic hydroxyl groups is 1. The van der Waals surface area contributed by atoms with E-state index >= 15 is 0 Å². The van der Waals surface area contributed by atoms with Gasteiger partial charge in [-0.25, -0.2) is 26.7 Å². The fraction of sp³-hybridized carbons (Fsp3) is 0.364. The summed E-state index contributed by atoms with van der Waals surface area (Å²) in [5.41, 5.74) is -0.721. The lowest BCUT2D eigenvalue weighted by atomic mass is 10.2. The summed E-state index contributed by atoms with van der Waals surface area (Å²) in [5.74, 6) is -4.93. The first-order valence-corrected chi connectivity index (χ1v) is 7.05. The molecule has 0 spiro atoms. The average Bonchev–Trinajstić information content (AvgIpc) is 2.40. The first-order chi connectivity index (χ1) is 9.72. The molecule has 1 aromatic rings. The van der Waals surface area contributed by atoms with E-state index in [1.165, 1.54) is 7.11 Å². The number of sulfonamides is 1. The first kappa shape index (κ1) is 17.4. The summed E-state index contributed by atoms with van der Waals surface area (Å²) in [7, 11) is -3.32. The number of carbonyl (C=O) groups is 1. The van der Waals surface area contributed by atoms with Crippen molar-refractivity contribution in [1.82, 2.24) is 4.72 Å². The molecule has 1 rings (SSSR count). The van der Waals surface area contributed by atoms with Crippen LogP contribution in [0.25, 0.3) is 0 Å². The predicted molar refractivity (Wildman–Crippen MR) is 66.4 cm³/mol. The summed E-state index contributed by atoms with van der Waals surface area (Å²) in [6.45, 7) is -0.853. The number of hydrogen-bond donors (Lipinski definition) is 3. The zero-order valence-corrected chi connectivity index (χ0v) is 11.7. The van der Waals surface area contributed by atoms with Gasteiger partial charge in [0.2, 0.25) is 10.0 Å². The van der Waals surface area contributed by atoms with E-state index in [-0.39, 0.29) is 6.61 Å². The largest absolute Gasteiger partial charge is 0.478 e. The second-order valence-electron chi connectivity index (χ2n) is 4.03. The van der Waals surface area contributed by atoms with Crippen molar-refractivity contribution in [2.45, 2.75) is 10.9 Å². The minimum absolute atomic E-state index is 0.210. The van der Waals surface area contributed by atoms with E-state index in [4.69, 9.17) is 10.2 Å². The van der Waals surface area contributed by atoms with Gasteiger partial charge in [-0.2, -0.15) is 0 Å². The van der Waals surface area contributed by atoms with Gasteiger partial charge in [-0.05, 0) is 12.1 Å². The highest BCUT2D eigenvalue weighted by molar-refractivity contribution is 7.89. The minimum Gasteiger partial charge on any atom is -0.478 e. The Balaban J connectivity index is 3.27. The molecular formula is C11H13F2NO6S. The van der Waals surface area contributed by atoms with Crippen molar-refractivity contribution in [1.29, 1.82) is 0 Å². The third-order valence-electron chi connectivity index (χ3n) is 2.44. The molecule has 0 amide bonds. The Bertz CT molecular complexity index is 634. The van der Waals surface area contributed by atoms with Crippen molar-refractivity contribution in [2.75, 3.05) is 20.3 Å². The van der Waals surface area contributed by atoms with E-state index in [9.17, 15) is 22.0 Å². The molecule has 0 aliphatic heterocycles. The summed E-state index contributed by atoms with van der Waals surface area (Å²) in [5, 5.41) is 17.7. The Hall–Kier alpha value is -1.62. The maximum Gasteiger partial charge on any atom is 0.335 e. The van der Waals surface area contributed by atoms with E-state index in [1.54, 1.807) is 0 Å². The number of halogens is 2. The lowest BCUT2D eigenvalue weighted by Crippen LogP contribution is -2.41. The van der Waals surface area contributed by atoms with Gasteiger partial charge < -0.3 is 14.9 Å². The summed E-state index contributed by atoms with van der Waals surface area (Å²) < 4.78 is 57.3. The molecule has 10 heteroatoms. The highest BCUT2D eigenvalue weighted by Crippen LogP contribution is 2.20. The van der Waals surface area contributed by atoms with Crippen molar-refractivity contribution >= 4 is 16.0 Å². The van der Waals surface area contributed by atoms with Gasteiger partial charge in [0.05, 0.1) is 24.8 Å². The van der Waals surface area contributed by atoms with Gasteiger partial charge in [0, 0.05) is 7.11 Å². The number of hydrogen-bond acceptors (Lipinski definition) is 5. The fourth-order valence-electron chi connectivity index (χ4n) is 1.49. The number of aromatic carboxylic acids is 1. The van der Waals surface area contributed by atoms with E-state index in [0.29, 0.717) is 12.1 Å². The molecule has 0 fully saturated rings. The number of rotatable bonds is 7. The minimum atomic E-state index is -4.57. The Morgan fingerprint density at radius 1 is 1.43 bits per heavy atom. The topological polar surface area (TPSA) is 113 Å². The second kappa shape index (κ2) is 6.89. The van der Waals surface area contributed by atoms with Gasteiger partial charge in [0.1, 0.15) is 4.90 Å². The summed E-state index contributed by atoms with van der Waals surface area (Å²) in [4.78, 5) is 9.60. The van der Waals surface area contributed by atoms with Crippen LogP contribution in [0.1, 0.15) is 10.4 Å². The molecule has 0 aliphatic rings. The highest BCUT2D eigenvalue weighted by atomic mass is 32.2. The van der Waals surface area contributed by atoms with Crippen LogP contribution in [0, 0.1) is 11.6 Å². The van der Waals surface area contributed by atoms with Crippen LogP contribution in [0.3, 0.4) is 0 Å². The standard InChI is InChI=1S/C11H13F2NO6S/c1-20-5-7(4-15)14-21(18,19)9-3-6(11(16)17)2-8(12)10(9)13/h2-3,7,14-15H,4-5H2,1H3,(H,16,17). The molecule has 0 saturated heterocycles. The quantitative estimate of drug-likeness (QED) is 0.648. The number of ether oxygens (including phenoxy) is 1. The van der Waals surface area contributed by atoms with Gasteiger partial charge in [-0.1, -0.05) is 0 Å². The van der Waals surface area contributed by atoms with E-state index in [0.717, 1.165) is 0 Å². The van der Waals surface area contributed by atoms with E-state index < -0.39 is 50.7 Å². The molecule has 1 aromatic carbocycles. The maximum absolute atomic E-state index is 13.6. The molecule has 1 unspecified atom stereocenters. The van der Waals surface area contributed by atoms with Crippen LogP contribution >= 0.6 is 0 Å². The first-order valence-electron chi connectivity index (χ1n) is 5.57. The molecule has 7 nitrogen and oxygen atoms in total. The van der Waals surface area contributed by atoms with Gasteiger partial charge in [0.15, 0.2) is 11.6 Å². The maximum atomic E-state index is 13.6. The van der Waals surface area contributed by atoms with Crippen LogP contribution in [0.2, 0.25) is 0 Å². The number of benzene rings is 1. The van der Waals surface area contributed by atoms with Gasteiger partial charge >= 0.3 is 5.97 Å². The second-order valence-corrected chi connectivity index (χ2v) is 5.71.